The second kappa shape index (κ2) is 10.9. The maximum absolute atomic E-state index is 12.1. The van der Waals surface area contributed by atoms with Crippen molar-refractivity contribution in [3.63, 3.8) is 0 Å². The van der Waals surface area contributed by atoms with Crippen LogP contribution in [0.15, 0.2) is 35.4 Å². The number of morpholine rings is 1. The van der Waals surface area contributed by atoms with Crippen LogP contribution in [0, 0.1) is 0 Å². The van der Waals surface area contributed by atoms with Crippen molar-refractivity contribution in [3.8, 4) is 0 Å². The van der Waals surface area contributed by atoms with Gasteiger partial charge in [0.15, 0.2) is 6.29 Å². The quantitative estimate of drug-likeness (QED) is 0.484. The smallest absolute Gasteiger partial charge is 0.230 e. The van der Waals surface area contributed by atoms with E-state index in [1.165, 1.54) is 11.8 Å². The van der Waals surface area contributed by atoms with E-state index in [1.54, 1.807) is 18.2 Å². The van der Waals surface area contributed by atoms with Crippen LogP contribution >= 0.6 is 35.0 Å². The zero-order valence-corrected chi connectivity index (χ0v) is 17.8. The molecule has 0 spiro atoms. The molecular weight excluding hydrogens is 435 g/mol. The molecule has 0 saturated carbocycles. The standard InChI is InChI=1S/C19H20Cl2N4O3S/c20-16-3-1-13(7-17(16)21)9-25-5-6-28-15(10-25)8-22-18(27)12-29-19-4-2-14(11-26)23-24-19/h1-4,7,11,15H,5-6,8-10,12H2,(H,22,27)/t15-/m0/s1. The van der Waals surface area contributed by atoms with Gasteiger partial charge in [-0.25, -0.2) is 0 Å². The van der Waals surface area contributed by atoms with Crippen molar-refractivity contribution in [2.45, 2.75) is 17.7 Å². The van der Waals surface area contributed by atoms with Crippen molar-refractivity contribution < 1.29 is 14.3 Å². The van der Waals surface area contributed by atoms with E-state index in [1.807, 2.05) is 12.1 Å². The number of carbonyl (C=O) groups excluding carboxylic acids is 2. The van der Waals surface area contributed by atoms with E-state index in [9.17, 15) is 9.59 Å². The number of nitrogens with one attached hydrogen (secondary N) is 1. The summed E-state index contributed by atoms with van der Waals surface area (Å²) in [5.41, 5.74) is 1.35. The summed E-state index contributed by atoms with van der Waals surface area (Å²) in [7, 11) is 0. The SMILES string of the molecule is O=Cc1ccc(SCC(=O)NC[C@H]2CN(Cc3ccc(Cl)c(Cl)c3)CCO2)nn1. The molecule has 1 atom stereocenters. The van der Waals surface area contributed by atoms with E-state index in [0.29, 0.717) is 41.1 Å². The lowest BCUT2D eigenvalue weighted by Gasteiger charge is -2.33. The Kier molecular flexibility index (Phi) is 8.26. The summed E-state index contributed by atoms with van der Waals surface area (Å²) in [5.74, 6) is 0.107. The fraction of sp³-hybridized carbons (Fsp3) is 0.368. The number of ether oxygens (including phenoxy) is 1. The second-order valence-electron chi connectivity index (χ2n) is 6.48. The summed E-state index contributed by atoms with van der Waals surface area (Å²) < 4.78 is 5.76. The lowest BCUT2D eigenvalue weighted by Crippen LogP contribution is -2.47. The molecule has 1 fully saturated rings. The number of benzene rings is 1. The van der Waals surface area contributed by atoms with Gasteiger partial charge in [0, 0.05) is 26.2 Å². The average molecular weight is 455 g/mol. The van der Waals surface area contributed by atoms with E-state index >= 15 is 0 Å². The van der Waals surface area contributed by atoms with Gasteiger partial charge in [0.05, 0.1) is 28.5 Å². The van der Waals surface area contributed by atoms with Crippen LogP contribution in [0.5, 0.6) is 0 Å². The Balaban J connectivity index is 1.40. The van der Waals surface area contributed by atoms with Crippen LogP contribution < -0.4 is 5.32 Å². The predicted octanol–water partition coefficient (Wildman–Crippen LogP) is 2.71. The van der Waals surface area contributed by atoms with Crippen LogP contribution in [-0.4, -0.2) is 65.4 Å². The first-order chi connectivity index (χ1) is 14.0. The van der Waals surface area contributed by atoms with Crippen molar-refractivity contribution in [2.24, 2.45) is 0 Å². The molecule has 0 unspecified atom stereocenters. The number of aromatic nitrogens is 2. The lowest BCUT2D eigenvalue weighted by molar-refractivity contribution is -0.119. The number of hydrogen-bond donors (Lipinski definition) is 1. The van der Waals surface area contributed by atoms with Crippen molar-refractivity contribution in [2.75, 3.05) is 32.0 Å². The molecule has 0 aliphatic carbocycles. The van der Waals surface area contributed by atoms with Crippen molar-refractivity contribution >= 4 is 47.2 Å². The summed E-state index contributed by atoms with van der Waals surface area (Å²) in [4.78, 5) is 24.9. The van der Waals surface area contributed by atoms with E-state index < -0.39 is 0 Å². The molecule has 1 saturated heterocycles. The lowest BCUT2D eigenvalue weighted by atomic mass is 10.2. The molecule has 2 aromatic rings. The zero-order valence-electron chi connectivity index (χ0n) is 15.5. The summed E-state index contributed by atoms with van der Waals surface area (Å²) >= 11 is 13.3. The first kappa shape index (κ1) is 22.0. The topological polar surface area (TPSA) is 84.4 Å². The minimum Gasteiger partial charge on any atom is -0.374 e. The summed E-state index contributed by atoms with van der Waals surface area (Å²) in [6, 6.07) is 8.87. The number of nitrogens with zero attached hydrogens (tertiary/aromatic N) is 3. The first-order valence-corrected chi connectivity index (χ1v) is 10.7. The molecule has 3 rings (SSSR count). The maximum Gasteiger partial charge on any atom is 0.230 e. The third kappa shape index (κ3) is 6.94. The Hall–Kier alpha value is -1.71. The van der Waals surface area contributed by atoms with E-state index in [4.69, 9.17) is 27.9 Å². The third-order valence-corrected chi connectivity index (χ3v) is 5.93. The summed E-state index contributed by atoms with van der Waals surface area (Å²) in [6.45, 7) is 3.32. The fourth-order valence-corrected chi connectivity index (χ4v) is 3.80. The van der Waals surface area contributed by atoms with Gasteiger partial charge in [0.25, 0.3) is 0 Å². The van der Waals surface area contributed by atoms with Gasteiger partial charge in [-0.1, -0.05) is 41.0 Å². The number of halogens is 2. The Morgan fingerprint density at radius 2 is 2.14 bits per heavy atom. The molecule has 7 nitrogen and oxygen atoms in total. The molecule has 1 aliphatic heterocycles. The van der Waals surface area contributed by atoms with Gasteiger partial charge in [-0.05, 0) is 29.8 Å². The van der Waals surface area contributed by atoms with Gasteiger partial charge in [-0.3, -0.25) is 14.5 Å². The Labute approximate surface area is 183 Å². The predicted molar refractivity (Wildman–Crippen MR) is 113 cm³/mol. The van der Waals surface area contributed by atoms with Gasteiger partial charge in [-0.15, -0.1) is 10.2 Å². The van der Waals surface area contributed by atoms with Gasteiger partial charge < -0.3 is 10.1 Å². The minimum absolute atomic E-state index is 0.0767. The number of thioether (sulfide) groups is 1. The fourth-order valence-electron chi connectivity index (χ4n) is 2.83. The molecule has 154 valence electrons. The molecule has 1 aliphatic rings. The first-order valence-electron chi connectivity index (χ1n) is 9.00. The van der Waals surface area contributed by atoms with Crippen LogP contribution in [0.3, 0.4) is 0 Å². The monoisotopic (exact) mass is 454 g/mol. The third-order valence-electron chi connectivity index (χ3n) is 4.27. The van der Waals surface area contributed by atoms with Crippen molar-refractivity contribution in [1.82, 2.24) is 20.4 Å². The highest BCUT2D eigenvalue weighted by molar-refractivity contribution is 7.99. The molecule has 1 amide bonds. The average Bonchev–Trinajstić information content (AvgIpc) is 2.74. The Morgan fingerprint density at radius 3 is 2.86 bits per heavy atom. The highest BCUT2D eigenvalue weighted by atomic mass is 35.5. The molecule has 1 aromatic heterocycles. The maximum atomic E-state index is 12.1. The highest BCUT2D eigenvalue weighted by Gasteiger charge is 2.21. The normalized spacial score (nSPS) is 17.1. The minimum atomic E-state index is -0.110. The number of carbonyl (C=O) groups is 2. The van der Waals surface area contributed by atoms with Gasteiger partial charge in [0.1, 0.15) is 10.7 Å². The summed E-state index contributed by atoms with van der Waals surface area (Å²) in [5, 5.41) is 12.2. The molecule has 29 heavy (non-hydrogen) atoms. The van der Waals surface area contributed by atoms with Crippen LogP contribution in [-0.2, 0) is 16.1 Å². The molecule has 0 bridgehead atoms. The number of rotatable bonds is 8. The van der Waals surface area contributed by atoms with Crippen molar-refractivity contribution in [1.29, 1.82) is 0 Å². The number of aldehydes is 1. The molecule has 10 heteroatoms. The van der Waals surface area contributed by atoms with Crippen LogP contribution in [0.2, 0.25) is 10.0 Å². The Bertz CT molecular complexity index is 854. The van der Waals surface area contributed by atoms with Gasteiger partial charge in [-0.2, -0.15) is 0 Å². The second-order valence-corrected chi connectivity index (χ2v) is 8.29. The van der Waals surface area contributed by atoms with Gasteiger partial charge in [0.2, 0.25) is 5.91 Å². The van der Waals surface area contributed by atoms with Crippen molar-refractivity contribution in [3.05, 3.63) is 51.6 Å². The summed E-state index contributed by atoms with van der Waals surface area (Å²) in [6.07, 6.45) is 0.551. The number of amides is 1. The van der Waals surface area contributed by atoms with E-state index in [2.05, 4.69) is 20.4 Å². The largest absolute Gasteiger partial charge is 0.374 e. The van der Waals surface area contributed by atoms with Crippen LogP contribution in [0.4, 0.5) is 0 Å². The molecule has 1 N–H and O–H groups in total. The highest BCUT2D eigenvalue weighted by Crippen LogP contribution is 2.23. The molecule has 2 heterocycles. The van der Waals surface area contributed by atoms with E-state index in [-0.39, 0.29) is 23.5 Å². The molecule has 1 aromatic carbocycles. The Morgan fingerprint density at radius 1 is 1.28 bits per heavy atom. The molecular formula is C19H20Cl2N4O3S. The van der Waals surface area contributed by atoms with Gasteiger partial charge >= 0.3 is 0 Å². The molecule has 0 radical (unpaired) electrons. The van der Waals surface area contributed by atoms with Crippen LogP contribution in [0.25, 0.3) is 0 Å². The van der Waals surface area contributed by atoms with Crippen LogP contribution in [0.1, 0.15) is 16.1 Å². The zero-order chi connectivity index (χ0) is 20.6. The number of hydrogen-bond acceptors (Lipinski definition) is 7. The van der Waals surface area contributed by atoms with E-state index in [0.717, 1.165) is 18.7 Å².